The van der Waals surface area contributed by atoms with Crippen LogP contribution < -0.4 is 4.90 Å². The van der Waals surface area contributed by atoms with Crippen LogP contribution in [0.1, 0.15) is 13.3 Å². The van der Waals surface area contributed by atoms with Crippen LogP contribution in [0.4, 0.5) is 5.69 Å². The normalized spacial score (nSPS) is 27.3. The summed E-state index contributed by atoms with van der Waals surface area (Å²) < 4.78 is 5.90. The smallest absolute Gasteiger partial charge is 0.253 e. The minimum Gasteiger partial charge on any atom is -0.363 e. The molecule has 24 heavy (non-hydrogen) atoms. The fourth-order valence-electron chi connectivity index (χ4n) is 3.52. The van der Waals surface area contributed by atoms with Gasteiger partial charge in [0, 0.05) is 18.8 Å². The molecule has 2 heterocycles. The van der Waals surface area contributed by atoms with Crippen molar-refractivity contribution in [2.45, 2.75) is 25.0 Å². The summed E-state index contributed by atoms with van der Waals surface area (Å²) in [7, 11) is 3.77. The SMILES string of the molecule is CN(C)CC(=O)N1CC[C@@]2(C)OCC(=O)N(c3ccccc3)[C@@H]2C1. The summed E-state index contributed by atoms with van der Waals surface area (Å²) in [5.74, 6) is 0.0404. The number of hydrogen-bond acceptors (Lipinski definition) is 4. The van der Waals surface area contributed by atoms with Crippen molar-refractivity contribution in [1.29, 1.82) is 0 Å². The minimum atomic E-state index is -0.418. The van der Waals surface area contributed by atoms with Gasteiger partial charge in [-0.3, -0.25) is 9.59 Å². The first-order valence-electron chi connectivity index (χ1n) is 8.34. The van der Waals surface area contributed by atoms with Crippen LogP contribution in [0.5, 0.6) is 0 Å². The largest absolute Gasteiger partial charge is 0.363 e. The molecular weight excluding hydrogens is 306 g/mol. The van der Waals surface area contributed by atoms with Crippen molar-refractivity contribution >= 4 is 17.5 Å². The van der Waals surface area contributed by atoms with Crippen molar-refractivity contribution < 1.29 is 14.3 Å². The van der Waals surface area contributed by atoms with Crippen LogP contribution in [-0.2, 0) is 14.3 Å². The van der Waals surface area contributed by atoms with Crippen molar-refractivity contribution in [3.8, 4) is 0 Å². The van der Waals surface area contributed by atoms with Gasteiger partial charge in [-0.15, -0.1) is 0 Å². The third kappa shape index (κ3) is 3.16. The molecule has 0 bridgehead atoms. The number of amides is 2. The molecule has 0 radical (unpaired) electrons. The number of anilines is 1. The van der Waals surface area contributed by atoms with Gasteiger partial charge >= 0.3 is 0 Å². The molecule has 2 atom stereocenters. The van der Waals surface area contributed by atoms with Gasteiger partial charge in [-0.2, -0.15) is 0 Å². The van der Waals surface area contributed by atoms with Gasteiger partial charge in [0.05, 0.1) is 18.2 Å². The number of hydrogen-bond donors (Lipinski definition) is 0. The highest BCUT2D eigenvalue weighted by Crippen LogP contribution is 2.36. The number of piperidine rings is 1. The highest BCUT2D eigenvalue weighted by Gasteiger charge is 2.49. The second kappa shape index (κ2) is 6.53. The molecule has 2 fully saturated rings. The molecule has 2 amide bonds. The van der Waals surface area contributed by atoms with Crippen LogP contribution in [0, 0.1) is 0 Å². The summed E-state index contributed by atoms with van der Waals surface area (Å²) in [6.45, 7) is 3.69. The number of nitrogens with zero attached hydrogens (tertiary/aromatic N) is 3. The van der Waals surface area contributed by atoms with Crippen LogP contribution in [0.25, 0.3) is 0 Å². The Balaban J connectivity index is 1.87. The lowest BCUT2D eigenvalue weighted by Gasteiger charge is -2.52. The summed E-state index contributed by atoms with van der Waals surface area (Å²) in [5.41, 5.74) is 0.447. The first-order chi connectivity index (χ1) is 11.4. The van der Waals surface area contributed by atoms with Crippen molar-refractivity contribution in [2.24, 2.45) is 0 Å². The van der Waals surface area contributed by atoms with Crippen molar-refractivity contribution in [2.75, 3.05) is 45.2 Å². The van der Waals surface area contributed by atoms with Gasteiger partial charge in [0.1, 0.15) is 6.61 Å². The zero-order chi connectivity index (χ0) is 17.3. The lowest BCUT2D eigenvalue weighted by molar-refractivity contribution is -0.156. The van der Waals surface area contributed by atoms with E-state index in [1.54, 1.807) is 0 Å². The maximum absolute atomic E-state index is 12.5. The quantitative estimate of drug-likeness (QED) is 0.828. The molecule has 6 nitrogen and oxygen atoms in total. The maximum Gasteiger partial charge on any atom is 0.253 e. The van der Waals surface area contributed by atoms with Crippen LogP contribution in [0.3, 0.4) is 0 Å². The van der Waals surface area contributed by atoms with Gasteiger partial charge in [-0.1, -0.05) is 18.2 Å². The van der Waals surface area contributed by atoms with E-state index in [2.05, 4.69) is 0 Å². The van der Waals surface area contributed by atoms with E-state index >= 15 is 0 Å². The highest BCUT2D eigenvalue weighted by molar-refractivity contribution is 5.96. The summed E-state index contributed by atoms with van der Waals surface area (Å²) in [4.78, 5) is 30.5. The lowest BCUT2D eigenvalue weighted by Crippen LogP contribution is -2.68. The van der Waals surface area contributed by atoms with Crippen LogP contribution in [0.2, 0.25) is 0 Å². The zero-order valence-electron chi connectivity index (χ0n) is 14.6. The monoisotopic (exact) mass is 331 g/mol. The Morgan fingerprint density at radius 2 is 2.04 bits per heavy atom. The second-order valence-electron chi connectivity index (χ2n) is 7.04. The Labute approximate surface area is 143 Å². The molecule has 130 valence electrons. The fourth-order valence-corrected chi connectivity index (χ4v) is 3.52. The van der Waals surface area contributed by atoms with Crippen LogP contribution in [-0.4, -0.2) is 73.6 Å². The molecule has 0 N–H and O–H groups in total. The number of rotatable bonds is 3. The molecule has 6 heteroatoms. The number of carbonyl (C=O) groups is 2. The Kier molecular flexibility index (Phi) is 4.60. The van der Waals surface area contributed by atoms with E-state index in [0.717, 1.165) is 12.1 Å². The molecule has 1 aromatic rings. The Morgan fingerprint density at radius 1 is 1.33 bits per heavy atom. The van der Waals surface area contributed by atoms with E-state index in [4.69, 9.17) is 4.74 Å². The molecule has 0 saturated carbocycles. The standard InChI is InChI=1S/C18H25N3O3/c1-18-9-10-20(16(22)12-19(2)3)11-15(18)21(17(23)13-24-18)14-7-5-4-6-8-14/h4-8,15H,9-13H2,1-3H3/t15-,18-/m1/s1. The van der Waals surface area contributed by atoms with Gasteiger partial charge in [-0.05, 0) is 39.6 Å². The van der Waals surface area contributed by atoms with Crippen LogP contribution >= 0.6 is 0 Å². The zero-order valence-corrected chi connectivity index (χ0v) is 14.6. The number of morpholine rings is 1. The number of likely N-dealkylation sites (N-methyl/N-ethyl adjacent to an activating group) is 1. The van der Waals surface area contributed by atoms with E-state index < -0.39 is 5.60 Å². The van der Waals surface area contributed by atoms with Gasteiger partial charge in [-0.25, -0.2) is 0 Å². The van der Waals surface area contributed by atoms with Crippen molar-refractivity contribution in [3.63, 3.8) is 0 Å². The summed E-state index contributed by atoms with van der Waals surface area (Å²) in [5, 5.41) is 0. The molecule has 2 aliphatic rings. The fraction of sp³-hybridized carbons (Fsp3) is 0.556. The van der Waals surface area contributed by atoms with Gasteiger partial charge in [0.2, 0.25) is 5.91 Å². The summed E-state index contributed by atoms with van der Waals surface area (Å²) in [6, 6.07) is 9.48. The molecule has 0 unspecified atom stereocenters. The van der Waals surface area contributed by atoms with Gasteiger partial charge in [0.15, 0.2) is 0 Å². The number of ether oxygens (including phenoxy) is 1. The van der Waals surface area contributed by atoms with E-state index in [1.165, 1.54) is 0 Å². The predicted molar refractivity (Wildman–Crippen MR) is 91.8 cm³/mol. The molecule has 0 aliphatic carbocycles. The molecule has 2 saturated heterocycles. The summed E-state index contributed by atoms with van der Waals surface area (Å²) in [6.07, 6.45) is 0.730. The third-order valence-corrected chi connectivity index (χ3v) is 4.92. The first kappa shape index (κ1) is 16.9. The number of fused-ring (bicyclic) bond motifs is 1. The maximum atomic E-state index is 12.5. The van der Waals surface area contributed by atoms with Crippen molar-refractivity contribution in [1.82, 2.24) is 9.80 Å². The number of likely N-dealkylation sites (tertiary alicyclic amines) is 1. The second-order valence-corrected chi connectivity index (χ2v) is 7.04. The highest BCUT2D eigenvalue weighted by atomic mass is 16.5. The molecule has 0 spiro atoms. The molecule has 3 rings (SSSR count). The minimum absolute atomic E-state index is 0.0504. The van der Waals surface area contributed by atoms with Gasteiger partial charge in [0.25, 0.3) is 5.91 Å². The van der Waals surface area contributed by atoms with Crippen molar-refractivity contribution in [3.05, 3.63) is 30.3 Å². The molecular formula is C18H25N3O3. The Morgan fingerprint density at radius 3 is 2.71 bits per heavy atom. The van der Waals surface area contributed by atoms with Crippen LogP contribution in [0.15, 0.2) is 30.3 Å². The molecule has 0 aromatic heterocycles. The van der Waals surface area contributed by atoms with E-state index in [0.29, 0.717) is 19.6 Å². The Hall–Kier alpha value is -1.92. The van der Waals surface area contributed by atoms with E-state index in [-0.39, 0.29) is 24.5 Å². The number of benzene rings is 1. The number of carbonyl (C=O) groups excluding carboxylic acids is 2. The lowest BCUT2D eigenvalue weighted by atomic mass is 9.85. The predicted octanol–water partition coefficient (Wildman–Crippen LogP) is 0.971. The van der Waals surface area contributed by atoms with E-state index in [9.17, 15) is 9.59 Å². The molecule has 1 aromatic carbocycles. The van der Waals surface area contributed by atoms with Gasteiger partial charge < -0.3 is 19.4 Å². The first-order valence-corrected chi connectivity index (χ1v) is 8.34. The molecule has 2 aliphatic heterocycles. The topological polar surface area (TPSA) is 53.1 Å². The average molecular weight is 331 g/mol. The Bertz CT molecular complexity index is 619. The summed E-state index contributed by atoms with van der Waals surface area (Å²) >= 11 is 0. The average Bonchev–Trinajstić information content (AvgIpc) is 2.55. The third-order valence-electron chi connectivity index (χ3n) is 4.92. The van der Waals surface area contributed by atoms with E-state index in [1.807, 2.05) is 66.1 Å². The number of para-hydroxylation sites is 1.